The molecule has 1 amide bonds. The van der Waals surface area contributed by atoms with Crippen LogP contribution in [0.2, 0.25) is 0 Å². The van der Waals surface area contributed by atoms with Crippen LogP contribution in [0.15, 0.2) is 6.20 Å². The molecule has 4 atom stereocenters. The smallest absolute Gasteiger partial charge is 0.254 e. The Bertz CT molecular complexity index is 462. The highest BCUT2D eigenvalue weighted by Crippen LogP contribution is 2.29. The molecule has 0 spiro atoms. The largest absolute Gasteiger partial charge is 0.394 e. The lowest BCUT2D eigenvalue weighted by atomic mass is 10.1. The van der Waals surface area contributed by atoms with E-state index in [-0.39, 0.29) is 11.4 Å². The van der Waals surface area contributed by atoms with Crippen molar-refractivity contribution in [1.82, 2.24) is 9.78 Å². The minimum absolute atomic E-state index is 0.00672. The van der Waals surface area contributed by atoms with Gasteiger partial charge < -0.3 is 31.5 Å². The Morgan fingerprint density at radius 2 is 2.17 bits per heavy atom. The SMILES string of the molecule is NC(=O)c1cn(C2OC(CO)C(O)C2O)nc1N. The number of carbonyl (C=O) groups excluding carboxylic acids is 1. The summed E-state index contributed by atoms with van der Waals surface area (Å²) >= 11 is 0. The van der Waals surface area contributed by atoms with Gasteiger partial charge in [0.25, 0.3) is 5.91 Å². The highest BCUT2D eigenvalue weighted by Gasteiger charge is 2.44. The van der Waals surface area contributed by atoms with E-state index in [9.17, 15) is 15.0 Å². The van der Waals surface area contributed by atoms with Gasteiger partial charge in [-0.2, -0.15) is 5.10 Å². The average Bonchev–Trinajstić information content (AvgIpc) is 2.82. The molecule has 1 fully saturated rings. The van der Waals surface area contributed by atoms with Gasteiger partial charge in [-0.25, -0.2) is 4.68 Å². The molecule has 1 aromatic rings. The minimum atomic E-state index is -1.29. The first-order valence-electron chi connectivity index (χ1n) is 5.22. The summed E-state index contributed by atoms with van der Waals surface area (Å²) < 4.78 is 6.31. The molecule has 0 aromatic carbocycles. The number of anilines is 1. The number of carbonyl (C=O) groups is 1. The van der Waals surface area contributed by atoms with Crippen LogP contribution in [0.25, 0.3) is 0 Å². The van der Waals surface area contributed by atoms with E-state index < -0.39 is 37.1 Å². The maximum atomic E-state index is 11.0. The van der Waals surface area contributed by atoms with Crippen molar-refractivity contribution < 1.29 is 24.9 Å². The molecule has 0 bridgehead atoms. The van der Waals surface area contributed by atoms with Crippen LogP contribution < -0.4 is 11.5 Å². The van der Waals surface area contributed by atoms with Crippen molar-refractivity contribution >= 4 is 11.7 Å². The third-order valence-corrected chi connectivity index (χ3v) is 2.80. The molecule has 0 saturated carbocycles. The number of aromatic nitrogens is 2. The summed E-state index contributed by atoms with van der Waals surface area (Å²) in [7, 11) is 0. The zero-order valence-electron chi connectivity index (χ0n) is 9.30. The second-order valence-corrected chi connectivity index (χ2v) is 4.00. The highest BCUT2D eigenvalue weighted by molar-refractivity contribution is 5.96. The number of nitrogens with zero attached hydrogens (tertiary/aromatic N) is 2. The molecule has 0 aliphatic carbocycles. The molecular weight excluding hydrogens is 244 g/mol. The van der Waals surface area contributed by atoms with Crippen LogP contribution in [0.5, 0.6) is 0 Å². The second kappa shape index (κ2) is 4.53. The van der Waals surface area contributed by atoms with Crippen LogP contribution in [0.3, 0.4) is 0 Å². The van der Waals surface area contributed by atoms with E-state index in [4.69, 9.17) is 21.3 Å². The van der Waals surface area contributed by atoms with Crippen molar-refractivity contribution in [2.75, 3.05) is 12.3 Å². The van der Waals surface area contributed by atoms with E-state index in [1.807, 2.05) is 0 Å². The third-order valence-electron chi connectivity index (χ3n) is 2.80. The van der Waals surface area contributed by atoms with E-state index in [2.05, 4.69) is 5.10 Å². The minimum Gasteiger partial charge on any atom is -0.394 e. The summed E-state index contributed by atoms with van der Waals surface area (Å²) in [6, 6.07) is 0. The molecule has 4 unspecified atom stereocenters. The Hall–Kier alpha value is -1.68. The predicted molar refractivity (Wildman–Crippen MR) is 58.2 cm³/mol. The van der Waals surface area contributed by atoms with Gasteiger partial charge in [-0.1, -0.05) is 0 Å². The third kappa shape index (κ3) is 1.93. The first-order valence-corrected chi connectivity index (χ1v) is 5.22. The van der Waals surface area contributed by atoms with Gasteiger partial charge in [0.05, 0.1) is 6.61 Å². The Morgan fingerprint density at radius 1 is 1.50 bits per heavy atom. The van der Waals surface area contributed by atoms with Crippen molar-refractivity contribution in [3.8, 4) is 0 Å². The van der Waals surface area contributed by atoms with Gasteiger partial charge in [-0.3, -0.25) is 4.79 Å². The maximum absolute atomic E-state index is 11.0. The molecule has 2 heterocycles. The lowest BCUT2D eigenvalue weighted by Gasteiger charge is -2.14. The average molecular weight is 258 g/mol. The van der Waals surface area contributed by atoms with E-state index in [0.717, 1.165) is 4.68 Å². The zero-order valence-corrected chi connectivity index (χ0v) is 9.30. The Balaban J connectivity index is 2.27. The molecule has 100 valence electrons. The number of aliphatic hydroxyl groups excluding tert-OH is 3. The van der Waals surface area contributed by atoms with Crippen molar-refractivity contribution in [2.45, 2.75) is 24.5 Å². The van der Waals surface area contributed by atoms with Gasteiger partial charge in [-0.05, 0) is 0 Å². The van der Waals surface area contributed by atoms with Crippen molar-refractivity contribution in [3.63, 3.8) is 0 Å². The fourth-order valence-corrected chi connectivity index (χ4v) is 1.82. The second-order valence-electron chi connectivity index (χ2n) is 4.00. The number of amides is 1. The van der Waals surface area contributed by atoms with Crippen LogP contribution in [0.4, 0.5) is 5.82 Å². The number of rotatable bonds is 3. The monoisotopic (exact) mass is 258 g/mol. The molecule has 0 radical (unpaired) electrons. The number of hydrogen-bond donors (Lipinski definition) is 5. The molecule has 1 aromatic heterocycles. The fourth-order valence-electron chi connectivity index (χ4n) is 1.82. The number of nitrogens with two attached hydrogens (primary N) is 2. The quantitative estimate of drug-likeness (QED) is 0.391. The van der Waals surface area contributed by atoms with Crippen LogP contribution in [-0.2, 0) is 4.74 Å². The molecule has 2 rings (SSSR count). The predicted octanol–water partition coefficient (Wildman–Crippen LogP) is -2.82. The van der Waals surface area contributed by atoms with Crippen molar-refractivity contribution in [3.05, 3.63) is 11.8 Å². The highest BCUT2D eigenvalue weighted by atomic mass is 16.6. The lowest BCUT2D eigenvalue weighted by molar-refractivity contribution is -0.0585. The Labute approximate surface area is 102 Å². The summed E-state index contributed by atoms with van der Waals surface area (Å²) in [5.74, 6) is -0.856. The molecular formula is C9H14N4O5. The molecule has 1 aliphatic rings. The number of nitrogen functional groups attached to an aromatic ring is 1. The zero-order chi connectivity index (χ0) is 13.4. The topological polar surface area (TPSA) is 157 Å². The standard InChI is InChI=1S/C9H14N4O5/c10-7-3(8(11)17)1-13(12-7)9-6(16)5(15)4(2-14)18-9/h1,4-6,9,14-16H,2H2,(H2,10,12)(H2,11,17). The summed E-state index contributed by atoms with van der Waals surface area (Å²) in [5, 5.41) is 32.0. The van der Waals surface area contributed by atoms with Crippen LogP contribution in [-0.4, -0.2) is 55.9 Å². The van der Waals surface area contributed by atoms with Gasteiger partial charge in [0.1, 0.15) is 23.9 Å². The number of primary amides is 1. The molecule has 18 heavy (non-hydrogen) atoms. The van der Waals surface area contributed by atoms with Crippen LogP contribution >= 0.6 is 0 Å². The number of hydrogen-bond acceptors (Lipinski definition) is 7. The fraction of sp³-hybridized carbons (Fsp3) is 0.556. The molecule has 7 N–H and O–H groups in total. The van der Waals surface area contributed by atoms with Gasteiger partial charge in [0.2, 0.25) is 0 Å². The molecule has 9 nitrogen and oxygen atoms in total. The van der Waals surface area contributed by atoms with Crippen LogP contribution in [0.1, 0.15) is 16.6 Å². The van der Waals surface area contributed by atoms with Crippen molar-refractivity contribution in [1.29, 1.82) is 0 Å². The lowest BCUT2D eigenvalue weighted by Crippen LogP contribution is -2.33. The van der Waals surface area contributed by atoms with E-state index >= 15 is 0 Å². The Morgan fingerprint density at radius 3 is 2.61 bits per heavy atom. The molecule has 1 aliphatic heterocycles. The van der Waals surface area contributed by atoms with Gasteiger partial charge >= 0.3 is 0 Å². The number of aliphatic hydroxyl groups is 3. The summed E-state index contributed by atoms with van der Waals surface area (Å²) in [5.41, 5.74) is 10.5. The van der Waals surface area contributed by atoms with Crippen LogP contribution in [0, 0.1) is 0 Å². The maximum Gasteiger partial charge on any atom is 0.254 e. The molecule has 1 saturated heterocycles. The first kappa shape index (κ1) is 12.8. The van der Waals surface area contributed by atoms with Gasteiger partial charge in [-0.15, -0.1) is 0 Å². The summed E-state index contributed by atoms with van der Waals surface area (Å²) in [4.78, 5) is 11.0. The summed E-state index contributed by atoms with van der Waals surface area (Å²) in [6.07, 6.45) is -3.28. The van der Waals surface area contributed by atoms with Gasteiger partial charge in [0, 0.05) is 6.20 Å². The normalized spacial score (nSPS) is 31.7. The summed E-state index contributed by atoms with van der Waals surface area (Å²) in [6.45, 7) is -0.450. The van der Waals surface area contributed by atoms with E-state index in [1.54, 1.807) is 0 Å². The number of ether oxygens (including phenoxy) is 1. The Kier molecular flexibility index (Phi) is 3.22. The molecule has 9 heteroatoms. The van der Waals surface area contributed by atoms with Crippen molar-refractivity contribution in [2.24, 2.45) is 5.73 Å². The van der Waals surface area contributed by atoms with E-state index in [0.29, 0.717) is 0 Å². The van der Waals surface area contributed by atoms with E-state index in [1.165, 1.54) is 6.20 Å². The first-order chi connectivity index (χ1) is 8.45. The van der Waals surface area contributed by atoms with Gasteiger partial charge in [0.15, 0.2) is 12.0 Å².